The van der Waals surface area contributed by atoms with Gasteiger partial charge in [-0.05, 0) is 25.5 Å². The average molecular weight is 216 g/mol. The van der Waals surface area contributed by atoms with Crippen molar-refractivity contribution in [1.82, 2.24) is 4.90 Å². The molecule has 1 rings (SSSR count). The molecule has 0 spiro atoms. The second-order valence-corrected chi connectivity index (χ2v) is 4.98. The molecule has 1 aliphatic heterocycles. The summed E-state index contributed by atoms with van der Waals surface area (Å²) < 4.78 is 0. The zero-order chi connectivity index (χ0) is 10.6. The van der Waals surface area contributed by atoms with Crippen molar-refractivity contribution >= 4 is 17.7 Å². The first-order chi connectivity index (χ1) is 6.65. The molecule has 2 unspecified atom stereocenters. The first-order valence-electron chi connectivity index (χ1n) is 5.17. The SMILES string of the molecule is CSCCC(=O)N1CCC(C(C)N)C1. The summed E-state index contributed by atoms with van der Waals surface area (Å²) >= 11 is 1.72. The second kappa shape index (κ2) is 5.61. The predicted octanol–water partition coefficient (Wildman–Crippen LogP) is 0.935. The number of hydrogen-bond acceptors (Lipinski definition) is 3. The topological polar surface area (TPSA) is 46.3 Å². The number of thioether (sulfide) groups is 1. The van der Waals surface area contributed by atoms with Gasteiger partial charge in [-0.2, -0.15) is 11.8 Å². The molecule has 0 aromatic carbocycles. The van der Waals surface area contributed by atoms with Gasteiger partial charge in [-0.25, -0.2) is 0 Å². The van der Waals surface area contributed by atoms with E-state index in [1.165, 1.54) is 0 Å². The molecule has 3 nitrogen and oxygen atoms in total. The fraction of sp³-hybridized carbons (Fsp3) is 0.900. The Labute approximate surface area is 90.4 Å². The summed E-state index contributed by atoms with van der Waals surface area (Å²) in [5.74, 6) is 1.73. The molecule has 14 heavy (non-hydrogen) atoms. The molecule has 1 heterocycles. The lowest BCUT2D eigenvalue weighted by Gasteiger charge is -2.17. The summed E-state index contributed by atoms with van der Waals surface area (Å²) in [4.78, 5) is 13.6. The van der Waals surface area contributed by atoms with E-state index in [0.29, 0.717) is 18.2 Å². The molecule has 4 heteroatoms. The number of likely N-dealkylation sites (tertiary alicyclic amines) is 1. The van der Waals surface area contributed by atoms with Crippen LogP contribution in [0.2, 0.25) is 0 Å². The van der Waals surface area contributed by atoms with E-state index in [4.69, 9.17) is 5.73 Å². The standard InChI is InChI=1S/C10H20N2OS/c1-8(11)9-3-5-12(7-9)10(13)4-6-14-2/h8-9H,3-7,11H2,1-2H3. The molecule has 0 aromatic rings. The Balaban J connectivity index is 2.30. The molecule has 2 N–H and O–H groups in total. The minimum absolute atomic E-state index is 0.216. The highest BCUT2D eigenvalue weighted by Gasteiger charge is 2.27. The van der Waals surface area contributed by atoms with Gasteiger partial charge in [0, 0.05) is 31.3 Å². The first kappa shape index (κ1) is 11.9. The van der Waals surface area contributed by atoms with Crippen LogP contribution in [-0.2, 0) is 4.79 Å². The molecule has 1 saturated heterocycles. The maximum Gasteiger partial charge on any atom is 0.223 e. The monoisotopic (exact) mass is 216 g/mol. The molecule has 0 radical (unpaired) electrons. The van der Waals surface area contributed by atoms with E-state index in [9.17, 15) is 4.79 Å². The molecule has 82 valence electrons. The van der Waals surface area contributed by atoms with Crippen molar-refractivity contribution in [3.8, 4) is 0 Å². The van der Waals surface area contributed by atoms with Crippen LogP contribution in [0.15, 0.2) is 0 Å². The summed E-state index contributed by atoms with van der Waals surface area (Å²) in [5.41, 5.74) is 5.82. The zero-order valence-electron chi connectivity index (χ0n) is 9.03. The third-order valence-electron chi connectivity index (χ3n) is 2.84. The van der Waals surface area contributed by atoms with E-state index in [-0.39, 0.29) is 6.04 Å². The van der Waals surface area contributed by atoms with Gasteiger partial charge >= 0.3 is 0 Å². The number of carbonyl (C=O) groups is 1. The lowest BCUT2D eigenvalue weighted by atomic mass is 10.0. The summed E-state index contributed by atoms with van der Waals surface area (Å²) in [6.45, 7) is 3.80. The zero-order valence-corrected chi connectivity index (χ0v) is 9.85. The van der Waals surface area contributed by atoms with Crippen molar-refractivity contribution in [2.24, 2.45) is 11.7 Å². The Hall–Kier alpha value is -0.220. The summed E-state index contributed by atoms with van der Waals surface area (Å²) in [6.07, 6.45) is 3.78. The number of rotatable bonds is 4. The number of nitrogens with two attached hydrogens (primary N) is 1. The molecule has 2 atom stereocenters. The lowest BCUT2D eigenvalue weighted by Crippen LogP contribution is -2.33. The van der Waals surface area contributed by atoms with Crippen molar-refractivity contribution in [1.29, 1.82) is 0 Å². The van der Waals surface area contributed by atoms with Crippen LogP contribution in [0.4, 0.5) is 0 Å². The number of hydrogen-bond donors (Lipinski definition) is 1. The van der Waals surface area contributed by atoms with Gasteiger partial charge in [-0.3, -0.25) is 4.79 Å². The van der Waals surface area contributed by atoms with Gasteiger partial charge in [-0.15, -0.1) is 0 Å². The molecule has 0 aliphatic carbocycles. The van der Waals surface area contributed by atoms with Crippen LogP contribution >= 0.6 is 11.8 Å². The Morgan fingerprint density at radius 1 is 1.71 bits per heavy atom. The van der Waals surface area contributed by atoms with Crippen LogP contribution in [0.5, 0.6) is 0 Å². The normalized spacial score (nSPS) is 23.9. The maximum absolute atomic E-state index is 11.6. The van der Waals surface area contributed by atoms with Gasteiger partial charge in [0.25, 0.3) is 0 Å². The Kier molecular flexibility index (Phi) is 4.75. The molecule has 0 aromatic heterocycles. The van der Waals surface area contributed by atoms with Crippen LogP contribution in [0, 0.1) is 5.92 Å². The van der Waals surface area contributed by atoms with Crippen LogP contribution in [0.25, 0.3) is 0 Å². The van der Waals surface area contributed by atoms with E-state index in [2.05, 4.69) is 0 Å². The average Bonchev–Trinajstić information content (AvgIpc) is 2.62. The van der Waals surface area contributed by atoms with Gasteiger partial charge in [-0.1, -0.05) is 0 Å². The van der Waals surface area contributed by atoms with Crippen molar-refractivity contribution in [3.05, 3.63) is 0 Å². The molecule has 1 fully saturated rings. The quantitative estimate of drug-likeness (QED) is 0.760. The number of nitrogens with zero attached hydrogens (tertiary/aromatic N) is 1. The smallest absolute Gasteiger partial charge is 0.223 e. The third kappa shape index (κ3) is 3.17. The van der Waals surface area contributed by atoms with Crippen molar-refractivity contribution in [2.45, 2.75) is 25.8 Å². The summed E-state index contributed by atoms with van der Waals surface area (Å²) in [6, 6.07) is 0.216. The van der Waals surface area contributed by atoms with Crippen LogP contribution < -0.4 is 5.73 Å². The van der Waals surface area contributed by atoms with Crippen molar-refractivity contribution in [2.75, 3.05) is 25.1 Å². The van der Waals surface area contributed by atoms with Gasteiger partial charge in [0.15, 0.2) is 0 Å². The van der Waals surface area contributed by atoms with E-state index < -0.39 is 0 Å². The van der Waals surface area contributed by atoms with Gasteiger partial charge < -0.3 is 10.6 Å². The van der Waals surface area contributed by atoms with E-state index in [1.807, 2.05) is 18.1 Å². The van der Waals surface area contributed by atoms with E-state index in [0.717, 1.165) is 25.3 Å². The van der Waals surface area contributed by atoms with Gasteiger partial charge in [0.05, 0.1) is 0 Å². The lowest BCUT2D eigenvalue weighted by molar-refractivity contribution is -0.129. The van der Waals surface area contributed by atoms with Crippen LogP contribution in [-0.4, -0.2) is 41.9 Å². The number of carbonyl (C=O) groups excluding carboxylic acids is 1. The fourth-order valence-corrected chi connectivity index (χ4v) is 2.17. The second-order valence-electron chi connectivity index (χ2n) is 3.99. The van der Waals surface area contributed by atoms with Gasteiger partial charge in [0.1, 0.15) is 0 Å². The molecule has 1 amide bonds. The highest BCUT2D eigenvalue weighted by Crippen LogP contribution is 2.19. The number of amides is 1. The highest BCUT2D eigenvalue weighted by atomic mass is 32.2. The predicted molar refractivity (Wildman–Crippen MR) is 61.3 cm³/mol. The molecule has 0 bridgehead atoms. The van der Waals surface area contributed by atoms with Crippen molar-refractivity contribution < 1.29 is 4.79 Å². The first-order valence-corrected chi connectivity index (χ1v) is 6.57. The van der Waals surface area contributed by atoms with Crippen LogP contribution in [0.3, 0.4) is 0 Å². The van der Waals surface area contributed by atoms with Crippen molar-refractivity contribution in [3.63, 3.8) is 0 Å². The van der Waals surface area contributed by atoms with E-state index in [1.54, 1.807) is 11.8 Å². The third-order valence-corrected chi connectivity index (χ3v) is 3.45. The highest BCUT2D eigenvalue weighted by molar-refractivity contribution is 7.98. The molecular formula is C10H20N2OS. The molecule has 0 saturated carbocycles. The fourth-order valence-electron chi connectivity index (χ4n) is 1.79. The summed E-state index contributed by atoms with van der Waals surface area (Å²) in [5, 5.41) is 0. The van der Waals surface area contributed by atoms with E-state index >= 15 is 0 Å². The largest absolute Gasteiger partial charge is 0.342 e. The van der Waals surface area contributed by atoms with Gasteiger partial charge in [0.2, 0.25) is 5.91 Å². The van der Waals surface area contributed by atoms with Crippen LogP contribution in [0.1, 0.15) is 19.8 Å². The Morgan fingerprint density at radius 2 is 2.43 bits per heavy atom. The molecule has 1 aliphatic rings. The Bertz CT molecular complexity index is 197. The Morgan fingerprint density at radius 3 is 2.93 bits per heavy atom. The minimum Gasteiger partial charge on any atom is -0.342 e. The molecular weight excluding hydrogens is 196 g/mol. The minimum atomic E-state index is 0.216. The summed E-state index contributed by atoms with van der Waals surface area (Å²) in [7, 11) is 0. The maximum atomic E-state index is 11.6.